The van der Waals surface area contributed by atoms with Gasteiger partial charge in [-0.2, -0.15) is 0 Å². The first-order chi connectivity index (χ1) is 9.27. The van der Waals surface area contributed by atoms with Crippen molar-refractivity contribution in [2.24, 2.45) is 0 Å². The summed E-state index contributed by atoms with van der Waals surface area (Å²) < 4.78 is 0. The summed E-state index contributed by atoms with van der Waals surface area (Å²) in [6.45, 7) is 6.43. The topological polar surface area (TPSA) is 0 Å². The van der Waals surface area contributed by atoms with Crippen LogP contribution < -0.4 is 0 Å². The molecular weight excluding hydrogens is 228 g/mol. The van der Waals surface area contributed by atoms with E-state index in [1.807, 2.05) is 6.07 Å². The average Bonchev–Trinajstić information content (AvgIpc) is 2.48. The zero-order valence-corrected chi connectivity index (χ0v) is 11.1. The maximum absolute atomic E-state index is 4.27. The fourth-order valence-corrected chi connectivity index (χ4v) is 2.51. The van der Waals surface area contributed by atoms with Gasteiger partial charge in [-0.15, -0.1) is 0 Å². The van der Waals surface area contributed by atoms with Crippen LogP contribution in [-0.2, 0) is 0 Å². The van der Waals surface area contributed by atoms with E-state index in [1.165, 1.54) is 27.5 Å². The van der Waals surface area contributed by atoms with Crippen LogP contribution in [0.5, 0.6) is 0 Å². The fourth-order valence-electron chi connectivity index (χ4n) is 2.51. The van der Waals surface area contributed by atoms with E-state index in [2.05, 4.69) is 74.2 Å². The predicted molar refractivity (Wildman–Crippen MR) is 83.3 cm³/mol. The fraction of sp³-hybridized carbons (Fsp3) is 0.0526. The molecule has 3 aromatic rings. The second kappa shape index (κ2) is 4.74. The Morgan fingerprint density at radius 3 is 2.11 bits per heavy atom. The van der Waals surface area contributed by atoms with Gasteiger partial charge < -0.3 is 0 Å². The van der Waals surface area contributed by atoms with Crippen molar-refractivity contribution in [1.82, 2.24) is 0 Å². The molecule has 0 amide bonds. The van der Waals surface area contributed by atoms with E-state index in [0.29, 0.717) is 0 Å². The van der Waals surface area contributed by atoms with Crippen molar-refractivity contribution in [2.75, 3.05) is 0 Å². The van der Waals surface area contributed by atoms with Gasteiger partial charge in [0.05, 0.1) is 0 Å². The Kier molecular flexibility index (Phi) is 2.92. The van der Waals surface area contributed by atoms with Crippen LogP contribution in [0.3, 0.4) is 0 Å². The smallest absolute Gasteiger partial charge is 0.0103 e. The van der Waals surface area contributed by atoms with Crippen LogP contribution in [0.4, 0.5) is 0 Å². The molecular formula is C19H16. The number of benzene rings is 3. The third-order valence-electron chi connectivity index (χ3n) is 3.59. The van der Waals surface area contributed by atoms with Crippen molar-refractivity contribution < 1.29 is 0 Å². The van der Waals surface area contributed by atoms with Gasteiger partial charge in [0.2, 0.25) is 0 Å². The lowest BCUT2D eigenvalue weighted by molar-refractivity contribution is 1.50. The van der Waals surface area contributed by atoms with Gasteiger partial charge in [0, 0.05) is 0 Å². The standard InChI is InChI=1S/C19H16/c1-14-12-13-18(19-11-7-6-10-17(14)19)15(2)16-8-4-3-5-9-16/h3-13H,2H2,1H3. The number of fused-ring (bicyclic) bond motifs is 1. The van der Waals surface area contributed by atoms with Crippen LogP contribution >= 0.6 is 0 Å². The molecule has 3 aromatic carbocycles. The average molecular weight is 244 g/mol. The molecule has 0 atom stereocenters. The Morgan fingerprint density at radius 2 is 1.37 bits per heavy atom. The van der Waals surface area contributed by atoms with E-state index in [4.69, 9.17) is 0 Å². The molecule has 0 nitrogen and oxygen atoms in total. The van der Waals surface area contributed by atoms with Gasteiger partial charge in [-0.05, 0) is 40.0 Å². The second-order valence-corrected chi connectivity index (χ2v) is 4.82. The molecule has 0 heteroatoms. The van der Waals surface area contributed by atoms with Crippen molar-refractivity contribution in [1.29, 1.82) is 0 Å². The molecule has 0 heterocycles. The normalized spacial score (nSPS) is 10.6. The molecule has 0 aliphatic carbocycles. The third-order valence-corrected chi connectivity index (χ3v) is 3.59. The van der Waals surface area contributed by atoms with E-state index in [0.717, 1.165) is 5.57 Å². The van der Waals surface area contributed by atoms with E-state index < -0.39 is 0 Å². The molecule has 19 heavy (non-hydrogen) atoms. The molecule has 0 unspecified atom stereocenters. The molecule has 3 rings (SSSR count). The zero-order valence-electron chi connectivity index (χ0n) is 11.1. The molecule has 0 aliphatic rings. The van der Waals surface area contributed by atoms with Crippen LogP contribution in [-0.4, -0.2) is 0 Å². The molecule has 0 saturated heterocycles. The van der Waals surface area contributed by atoms with Gasteiger partial charge in [0.15, 0.2) is 0 Å². The summed E-state index contributed by atoms with van der Waals surface area (Å²) >= 11 is 0. The van der Waals surface area contributed by atoms with Crippen LogP contribution in [0, 0.1) is 6.92 Å². The lowest BCUT2D eigenvalue weighted by Gasteiger charge is -2.11. The third kappa shape index (κ3) is 2.06. The summed E-state index contributed by atoms with van der Waals surface area (Å²) in [5, 5.41) is 2.58. The molecule has 0 aromatic heterocycles. The first-order valence-corrected chi connectivity index (χ1v) is 6.50. The Hall–Kier alpha value is -2.34. The lowest BCUT2D eigenvalue weighted by atomic mass is 9.93. The van der Waals surface area contributed by atoms with Gasteiger partial charge in [-0.1, -0.05) is 73.3 Å². The summed E-state index contributed by atoms with van der Waals surface area (Å²) in [6, 6.07) is 23.2. The minimum absolute atomic E-state index is 1.08. The number of hydrogen-bond acceptors (Lipinski definition) is 0. The number of aryl methyl sites for hydroxylation is 1. The molecule has 0 fully saturated rings. The van der Waals surface area contributed by atoms with Gasteiger partial charge in [-0.3, -0.25) is 0 Å². The highest BCUT2D eigenvalue weighted by atomic mass is 14.1. The molecule has 0 radical (unpaired) electrons. The van der Waals surface area contributed by atoms with E-state index >= 15 is 0 Å². The maximum atomic E-state index is 4.27. The zero-order chi connectivity index (χ0) is 13.2. The Labute approximate surface area is 114 Å². The van der Waals surface area contributed by atoms with Crippen molar-refractivity contribution in [3.63, 3.8) is 0 Å². The summed E-state index contributed by atoms with van der Waals surface area (Å²) in [6.07, 6.45) is 0. The van der Waals surface area contributed by atoms with Gasteiger partial charge >= 0.3 is 0 Å². The van der Waals surface area contributed by atoms with Gasteiger partial charge in [-0.25, -0.2) is 0 Å². The first-order valence-electron chi connectivity index (χ1n) is 6.50. The van der Waals surface area contributed by atoms with E-state index in [1.54, 1.807) is 0 Å². The Balaban J connectivity index is 2.22. The second-order valence-electron chi connectivity index (χ2n) is 4.82. The minimum atomic E-state index is 1.08. The van der Waals surface area contributed by atoms with Crippen molar-refractivity contribution in [3.05, 3.63) is 90.0 Å². The molecule has 0 bridgehead atoms. The monoisotopic (exact) mass is 244 g/mol. The van der Waals surface area contributed by atoms with Crippen molar-refractivity contribution in [2.45, 2.75) is 6.92 Å². The summed E-state index contributed by atoms with van der Waals surface area (Å²) in [5.41, 5.74) is 4.78. The van der Waals surface area contributed by atoms with Gasteiger partial charge in [0.25, 0.3) is 0 Å². The molecule has 0 N–H and O–H groups in total. The van der Waals surface area contributed by atoms with E-state index in [9.17, 15) is 0 Å². The van der Waals surface area contributed by atoms with Crippen LogP contribution in [0.2, 0.25) is 0 Å². The van der Waals surface area contributed by atoms with Crippen LogP contribution in [0.1, 0.15) is 16.7 Å². The number of hydrogen-bond donors (Lipinski definition) is 0. The molecule has 0 spiro atoms. The number of rotatable bonds is 2. The van der Waals surface area contributed by atoms with Crippen LogP contribution in [0.15, 0.2) is 73.3 Å². The SMILES string of the molecule is C=C(c1ccccc1)c1ccc(C)c2ccccc12. The Bertz CT molecular complexity index is 736. The van der Waals surface area contributed by atoms with Gasteiger partial charge in [0.1, 0.15) is 0 Å². The van der Waals surface area contributed by atoms with Crippen molar-refractivity contribution in [3.8, 4) is 0 Å². The maximum Gasteiger partial charge on any atom is -0.0103 e. The molecule has 0 saturated carbocycles. The summed E-state index contributed by atoms with van der Waals surface area (Å²) in [4.78, 5) is 0. The lowest BCUT2D eigenvalue weighted by Crippen LogP contribution is -1.89. The largest absolute Gasteiger partial charge is 0.0905 e. The predicted octanol–water partition coefficient (Wildman–Crippen LogP) is 5.21. The summed E-state index contributed by atoms with van der Waals surface area (Å²) in [5.74, 6) is 0. The highest BCUT2D eigenvalue weighted by molar-refractivity contribution is 5.98. The first kappa shape index (κ1) is 11.7. The molecule has 0 aliphatic heterocycles. The molecule has 92 valence electrons. The van der Waals surface area contributed by atoms with Crippen LogP contribution in [0.25, 0.3) is 16.3 Å². The minimum Gasteiger partial charge on any atom is -0.0905 e. The quantitative estimate of drug-likeness (QED) is 0.580. The Morgan fingerprint density at radius 1 is 0.737 bits per heavy atom. The highest BCUT2D eigenvalue weighted by Crippen LogP contribution is 2.30. The highest BCUT2D eigenvalue weighted by Gasteiger charge is 2.07. The summed E-state index contributed by atoms with van der Waals surface area (Å²) in [7, 11) is 0. The van der Waals surface area contributed by atoms with Crippen molar-refractivity contribution >= 4 is 16.3 Å². The van der Waals surface area contributed by atoms with E-state index in [-0.39, 0.29) is 0 Å².